The van der Waals surface area contributed by atoms with Crippen LogP contribution in [-0.4, -0.2) is 47.2 Å². The van der Waals surface area contributed by atoms with E-state index in [1.807, 2.05) is 55.3 Å². The quantitative estimate of drug-likeness (QED) is 0.418. The van der Waals surface area contributed by atoms with Crippen LogP contribution in [0.3, 0.4) is 0 Å². The van der Waals surface area contributed by atoms with Crippen molar-refractivity contribution >= 4 is 28.4 Å². The normalized spacial score (nSPS) is 10.6. The number of aromatic nitrogens is 4. The molecule has 4 aromatic rings. The van der Waals surface area contributed by atoms with E-state index in [0.717, 1.165) is 22.4 Å². The fraction of sp³-hybridized carbons (Fsp3) is 0.174. The lowest BCUT2D eigenvalue weighted by molar-refractivity contribution is 0.0593. The molecule has 0 aliphatic carbocycles. The van der Waals surface area contributed by atoms with E-state index >= 15 is 0 Å². The van der Waals surface area contributed by atoms with Gasteiger partial charge < -0.3 is 19.1 Å². The van der Waals surface area contributed by atoms with Crippen LogP contribution in [0.1, 0.15) is 16.3 Å². The maximum absolute atomic E-state index is 11.6. The first-order chi connectivity index (χ1) is 15.5. The number of carbonyl (C=O) groups excluding carboxylic acids is 1. The molecule has 4 rings (SSSR count). The summed E-state index contributed by atoms with van der Waals surface area (Å²) in [5.74, 6) is 2.04. The van der Waals surface area contributed by atoms with Crippen molar-refractivity contribution in [1.29, 1.82) is 0 Å². The number of hydrogen-bond acceptors (Lipinski definition) is 9. The molecule has 0 amide bonds. The van der Waals surface area contributed by atoms with Crippen LogP contribution in [0.5, 0.6) is 17.4 Å². The molecule has 0 unspecified atom stereocenters. The highest BCUT2D eigenvalue weighted by Gasteiger charge is 2.16. The molecule has 0 bridgehead atoms. The molecule has 0 saturated carbocycles. The van der Waals surface area contributed by atoms with E-state index < -0.39 is 5.97 Å². The summed E-state index contributed by atoms with van der Waals surface area (Å²) in [6, 6.07) is 13.4. The van der Waals surface area contributed by atoms with E-state index in [9.17, 15) is 4.79 Å². The average Bonchev–Trinajstić information content (AvgIpc) is 2.83. The summed E-state index contributed by atoms with van der Waals surface area (Å²) >= 11 is 0. The van der Waals surface area contributed by atoms with Gasteiger partial charge in [-0.3, -0.25) is 0 Å². The van der Waals surface area contributed by atoms with Crippen molar-refractivity contribution < 1.29 is 19.0 Å². The van der Waals surface area contributed by atoms with Crippen molar-refractivity contribution in [2.45, 2.75) is 6.92 Å². The third-order valence-electron chi connectivity index (χ3n) is 4.78. The number of anilines is 2. The molecule has 0 aliphatic heterocycles. The van der Waals surface area contributed by atoms with Gasteiger partial charge in [0.2, 0.25) is 5.88 Å². The van der Waals surface area contributed by atoms with Gasteiger partial charge in [0.15, 0.2) is 17.2 Å². The van der Waals surface area contributed by atoms with Crippen LogP contribution >= 0.6 is 0 Å². The summed E-state index contributed by atoms with van der Waals surface area (Å²) in [7, 11) is 4.76. The fourth-order valence-electron chi connectivity index (χ4n) is 3.20. The number of nitrogens with zero attached hydrogens (tertiary/aromatic N) is 5. The molecule has 0 N–H and O–H groups in total. The van der Waals surface area contributed by atoms with Gasteiger partial charge in [0, 0.05) is 24.2 Å². The Balaban J connectivity index is 1.69. The van der Waals surface area contributed by atoms with Gasteiger partial charge in [0.1, 0.15) is 11.6 Å². The van der Waals surface area contributed by atoms with Gasteiger partial charge in [-0.15, -0.1) is 0 Å². The molecule has 0 aliphatic rings. The van der Waals surface area contributed by atoms with Crippen molar-refractivity contribution in [2.24, 2.45) is 0 Å². The Kier molecular flexibility index (Phi) is 5.80. The second-order valence-corrected chi connectivity index (χ2v) is 6.84. The van der Waals surface area contributed by atoms with E-state index in [2.05, 4.69) is 24.7 Å². The lowest BCUT2D eigenvalue weighted by Gasteiger charge is -2.21. The Hall–Kier alpha value is -4.27. The highest BCUT2D eigenvalue weighted by Crippen LogP contribution is 2.37. The first kappa shape index (κ1) is 21.0. The van der Waals surface area contributed by atoms with Gasteiger partial charge in [-0.2, -0.15) is 0 Å². The summed E-state index contributed by atoms with van der Waals surface area (Å²) in [6.07, 6.45) is 2.64. The zero-order valence-corrected chi connectivity index (χ0v) is 18.1. The van der Waals surface area contributed by atoms with Crippen LogP contribution in [0.25, 0.3) is 10.9 Å². The van der Waals surface area contributed by atoms with Gasteiger partial charge in [0.05, 0.1) is 32.1 Å². The number of hydrogen-bond donors (Lipinski definition) is 0. The Labute approximate surface area is 184 Å². The fourth-order valence-corrected chi connectivity index (χ4v) is 3.20. The van der Waals surface area contributed by atoms with Crippen molar-refractivity contribution in [1.82, 2.24) is 19.9 Å². The molecule has 2 aromatic heterocycles. The maximum Gasteiger partial charge on any atom is 0.358 e. The minimum Gasteiger partial charge on any atom is -0.493 e. The summed E-state index contributed by atoms with van der Waals surface area (Å²) < 4.78 is 16.0. The molecule has 0 radical (unpaired) electrons. The van der Waals surface area contributed by atoms with Crippen LogP contribution in [0, 0.1) is 6.92 Å². The van der Waals surface area contributed by atoms with Crippen molar-refractivity contribution in [2.75, 3.05) is 26.2 Å². The summed E-state index contributed by atoms with van der Waals surface area (Å²) in [5, 5.41) is 0.933. The zero-order valence-electron chi connectivity index (χ0n) is 18.1. The van der Waals surface area contributed by atoms with Crippen LogP contribution in [-0.2, 0) is 4.74 Å². The predicted molar refractivity (Wildman–Crippen MR) is 119 cm³/mol. The van der Waals surface area contributed by atoms with Crippen molar-refractivity contribution in [3.05, 3.63) is 66.4 Å². The minimum atomic E-state index is -0.572. The molecular formula is C23H21N5O4. The molecule has 2 aromatic carbocycles. The molecule has 9 heteroatoms. The molecule has 9 nitrogen and oxygen atoms in total. The highest BCUT2D eigenvalue weighted by molar-refractivity contribution is 5.91. The molecule has 2 heterocycles. The molecule has 32 heavy (non-hydrogen) atoms. The van der Waals surface area contributed by atoms with E-state index in [4.69, 9.17) is 9.47 Å². The average molecular weight is 431 g/mol. The third kappa shape index (κ3) is 4.13. The molecule has 162 valence electrons. The summed E-state index contributed by atoms with van der Waals surface area (Å²) in [5.41, 5.74) is 1.78. The number of rotatable bonds is 6. The molecule has 0 fully saturated rings. The van der Waals surface area contributed by atoms with E-state index in [1.54, 1.807) is 13.2 Å². The second kappa shape index (κ2) is 8.84. The first-order valence-electron chi connectivity index (χ1n) is 9.73. The number of fused-ring (bicyclic) bond motifs is 1. The van der Waals surface area contributed by atoms with Gasteiger partial charge >= 0.3 is 5.97 Å². The van der Waals surface area contributed by atoms with Gasteiger partial charge in [-0.25, -0.2) is 24.7 Å². The topological polar surface area (TPSA) is 99.6 Å². The largest absolute Gasteiger partial charge is 0.493 e. The predicted octanol–water partition coefficient (Wildman–Crippen LogP) is 4.08. The second-order valence-electron chi connectivity index (χ2n) is 6.84. The Morgan fingerprint density at radius 1 is 0.969 bits per heavy atom. The molecule has 0 saturated heterocycles. The Morgan fingerprint density at radius 3 is 2.50 bits per heavy atom. The molecule has 0 atom stereocenters. The van der Waals surface area contributed by atoms with E-state index in [0.29, 0.717) is 17.3 Å². The number of benzene rings is 2. The lowest BCUT2D eigenvalue weighted by Crippen LogP contribution is -2.13. The molecular weight excluding hydrogens is 410 g/mol. The zero-order chi connectivity index (χ0) is 22.7. The smallest absolute Gasteiger partial charge is 0.358 e. The number of carbonyl (C=O) groups is 1. The van der Waals surface area contributed by atoms with Crippen LogP contribution in [0.15, 0.2) is 54.9 Å². The first-order valence-corrected chi connectivity index (χ1v) is 9.73. The number of para-hydroxylation sites is 1. The Morgan fingerprint density at radius 2 is 1.78 bits per heavy atom. The Bertz CT molecular complexity index is 1280. The standard InChI is InChI=1S/C23H21N5O4/c1-14-26-17-8-6-5-7-16(17)22(27-14)28(2)15-9-10-19(30-3)20(11-15)32-21-13-24-18(12-25-21)23(29)31-4/h5-13H,1-4H3. The number of aryl methyl sites for hydroxylation is 1. The lowest BCUT2D eigenvalue weighted by atomic mass is 10.2. The van der Waals surface area contributed by atoms with Crippen molar-refractivity contribution in [3.8, 4) is 17.4 Å². The maximum atomic E-state index is 11.6. The van der Waals surface area contributed by atoms with Gasteiger partial charge in [0.25, 0.3) is 0 Å². The van der Waals surface area contributed by atoms with Crippen LogP contribution < -0.4 is 14.4 Å². The van der Waals surface area contributed by atoms with Gasteiger partial charge in [-0.1, -0.05) is 12.1 Å². The van der Waals surface area contributed by atoms with Crippen LogP contribution in [0.4, 0.5) is 11.5 Å². The van der Waals surface area contributed by atoms with E-state index in [1.165, 1.54) is 19.5 Å². The monoisotopic (exact) mass is 431 g/mol. The van der Waals surface area contributed by atoms with Crippen molar-refractivity contribution in [3.63, 3.8) is 0 Å². The summed E-state index contributed by atoms with van der Waals surface area (Å²) in [6.45, 7) is 1.86. The molecule has 0 spiro atoms. The SMILES string of the molecule is COC(=O)c1cnc(Oc2cc(N(C)c3nc(C)nc4ccccc34)ccc2OC)cn1. The number of esters is 1. The van der Waals surface area contributed by atoms with E-state index in [-0.39, 0.29) is 11.6 Å². The number of ether oxygens (including phenoxy) is 3. The minimum absolute atomic E-state index is 0.0892. The summed E-state index contributed by atoms with van der Waals surface area (Å²) in [4.78, 5) is 30.8. The third-order valence-corrected chi connectivity index (χ3v) is 4.78. The van der Waals surface area contributed by atoms with Crippen LogP contribution in [0.2, 0.25) is 0 Å². The van der Waals surface area contributed by atoms with Gasteiger partial charge in [-0.05, 0) is 31.2 Å². The number of methoxy groups -OCH3 is 2. The highest BCUT2D eigenvalue weighted by atomic mass is 16.5.